The molecule has 1 heterocycles. The molecule has 1 aliphatic heterocycles. The number of aliphatic hydroxyl groups excluding tert-OH is 1. The van der Waals surface area contributed by atoms with E-state index < -0.39 is 11.7 Å². The molecule has 1 saturated heterocycles. The largest absolute Gasteiger partial charge is 0.462 e. The monoisotopic (exact) mass is 282 g/mol. The maximum absolute atomic E-state index is 11.3. The Labute approximate surface area is 120 Å². The number of esters is 1. The number of carbonyl (C=O) groups is 1. The van der Waals surface area contributed by atoms with Crippen molar-refractivity contribution in [1.29, 1.82) is 0 Å². The average molecular weight is 282 g/mol. The summed E-state index contributed by atoms with van der Waals surface area (Å²) in [6, 6.07) is 0. The van der Waals surface area contributed by atoms with Crippen LogP contribution in [0, 0.1) is 11.8 Å². The molecular formula is C16H26O4. The van der Waals surface area contributed by atoms with Gasteiger partial charge in [-0.3, -0.25) is 4.79 Å². The number of hydrogen-bond donors (Lipinski definition) is 2. The van der Waals surface area contributed by atoms with Crippen molar-refractivity contribution < 1.29 is 19.7 Å². The van der Waals surface area contributed by atoms with Gasteiger partial charge in [0.1, 0.15) is 6.10 Å². The highest BCUT2D eigenvalue weighted by Gasteiger charge is 2.48. The van der Waals surface area contributed by atoms with Crippen LogP contribution in [-0.2, 0) is 9.53 Å². The highest BCUT2D eigenvalue weighted by molar-refractivity contribution is 5.72. The molecule has 2 unspecified atom stereocenters. The molecule has 2 N–H and O–H groups in total. The fraction of sp³-hybridized carbons (Fsp3) is 0.812. The lowest BCUT2D eigenvalue weighted by Gasteiger charge is -2.21. The zero-order valence-electron chi connectivity index (χ0n) is 12.4. The lowest BCUT2D eigenvalue weighted by molar-refractivity contribution is -0.141. The molecule has 114 valence electrons. The van der Waals surface area contributed by atoms with Gasteiger partial charge in [0, 0.05) is 18.3 Å². The summed E-state index contributed by atoms with van der Waals surface area (Å²) >= 11 is 0. The van der Waals surface area contributed by atoms with E-state index in [2.05, 4.69) is 6.92 Å². The van der Waals surface area contributed by atoms with Crippen LogP contribution < -0.4 is 0 Å². The quantitative estimate of drug-likeness (QED) is 0.445. The van der Waals surface area contributed by atoms with Gasteiger partial charge in [-0.15, -0.1) is 0 Å². The number of hydrogen-bond acceptors (Lipinski definition) is 4. The highest BCUT2D eigenvalue weighted by Crippen LogP contribution is 2.42. The van der Waals surface area contributed by atoms with Gasteiger partial charge in [0.2, 0.25) is 0 Å². The van der Waals surface area contributed by atoms with Crippen LogP contribution in [0.25, 0.3) is 0 Å². The molecule has 0 spiro atoms. The van der Waals surface area contributed by atoms with Crippen molar-refractivity contribution in [3.05, 3.63) is 12.2 Å². The lowest BCUT2D eigenvalue weighted by Crippen LogP contribution is -2.23. The van der Waals surface area contributed by atoms with Crippen LogP contribution in [0.1, 0.15) is 52.4 Å². The first-order valence-electron chi connectivity index (χ1n) is 7.72. The summed E-state index contributed by atoms with van der Waals surface area (Å²) in [7, 11) is 0. The van der Waals surface area contributed by atoms with Crippen LogP contribution in [0.2, 0.25) is 0 Å². The molecule has 0 aromatic heterocycles. The van der Waals surface area contributed by atoms with Crippen molar-refractivity contribution in [3.63, 3.8) is 0 Å². The summed E-state index contributed by atoms with van der Waals surface area (Å²) in [5.74, 6) is -0.177. The van der Waals surface area contributed by atoms with Gasteiger partial charge in [-0.2, -0.15) is 0 Å². The zero-order chi connectivity index (χ0) is 14.8. The third-order valence-corrected chi connectivity index (χ3v) is 4.54. The average Bonchev–Trinajstić information content (AvgIpc) is 2.82. The molecular weight excluding hydrogens is 256 g/mol. The maximum Gasteiger partial charge on any atom is 0.306 e. The minimum atomic E-state index is -0.837. The molecule has 4 heteroatoms. The molecule has 0 radical (unpaired) electrons. The van der Waals surface area contributed by atoms with Crippen LogP contribution in [0.3, 0.4) is 0 Å². The first-order valence-corrected chi connectivity index (χ1v) is 7.72. The van der Waals surface area contributed by atoms with E-state index in [1.165, 1.54) is 0 Å². The second-order valence-corrected chi connectivity index (χ2v) is 6.45. The first kappa shape index (κ1) is 15.5. The number of aliphatic hydroxyl groups is 2. The number of ether oxygens (including phenoxy) is 1. The zero-order valence-corrected chi connectivity index (χ0v) is 12.4. The van der Waals surface area contributed by atoms with E-state index in [-0.39, 0.29) is 23.9 Å². The summed E-state index contributed by atoms with van der Waals surface area (Å²) < 4.78 is 5.20. The molecule has 0 bridgehead atoms. The van der Waals surface area contributed by atoms with Gasteiger partial charge in [-0.1, -0.05) is 38.3 Å². The number of carbonyl (C=O) groups excluding carboxylic acids is 1. The molecule has 1 aliphatic carbocycles. The van der Waals surface area contributed by atoms with E-state index in [0.717, 1.165) is 25.7 Å². The summed E-state index contributed by atoms with van der Waals surface area (Å²) in [6.45, 7) is 3.94. The van der Waals surface area contributed by atoms with Crippen molar-refractivity contribution >= 4 is 5.97 Å². The molecule has 0 amide bonds. The third kappa shape index (κ3) is 3.61. The Hall–Kier alpha value is -0.870. The van der Waals surface area contributed by atoms with Gasteiger partial charge in [-0.25, -0.2) is 0 Å². The topological polar surface area (TPSA) is 66.8 Å². The summed E-state index contributed by atoms with van der Waals surface area (Å²) in [5.41, 5.74) is -0.837. The molecule has 0 aromatic carbocycles. The van der Waals surface area contributed by atoms with Crippen LogP contribution in [0.5, 0.6) is 0 Å². The van der Waals surface area contributed by atoms with E-state index in [4.69, 9.17) is 4.74 Å². The molecule has 1 saturated carbocycles. The number of unbranched alkanes of at least 4 members (excludes halogenated alkanes) is 2. The van der Waals surface area contributed by atoms with Crippen molar-refractivity contribution in [2.45, 2.75) is 70.2 Å². The Morgan fingerprint density at radius 2 is 2.20 bits per heavy atom. The van der Waals surface area contributed by atoms with Crippen LogP contribution in [0.4, 0.5) is 0 Å². The van der Waals surface area contributed by atoms with E-state index in [9.17, 15) is 15.0 Å². The van der Waals surface area contributed by atoms with Gasteiger partial charge in [0.05, 0.1) is 18.1 Å². The molecule has 2 fully saturated rings. The second-order valence-electron chi connectivity index (χ2n) is 6.45. The fourth-order valence-electron chi connectivity index (χ4n) is 3.32. The Kier molecular flexibility index (Phi) is 4.86. The minimum absolute atomic E-state index is 0.0696. The van der Waals surface area contributed by atoms with Crippen molar-refractivity contribution in [2.75, 3.05) is 0 Å². The van der Waals surface area contributed by atoms with Crippen molar-refractivity contribution in [2.24, 2.45) is 11.8 Å². The molecule has 2 aliphatic rings. The summed E-state index contributed by atoms with van der Waals surface area (Å²) in [6.07, 6.45) is 7.94. The van der Waals surface area contributed by atoms with Crippen LogP contribution in [-0.4, -0.2) is 34.0 Å². The molecule has 20 heavy (non-hydrogen) atoms. The van der Waals surface area contributed by atoms with Crippen molar-refractivity contribution in [1.82, 2.24) is 0 Å². The van der Waals surface area contributed by atoms with E-state index in [1.807, 2.05) is 6.08 Å². The number of rotatable bonds is 6. The van der Waals surface area contributed by atoms with E-state index in [1.54, 1.807) is 13.0 Å². The Morgan fingerprint density at radius 1 is 1.45 bits per heavy atom. The maximum atomic E-state index is 11.3. The molecule has 5 atom stereocenters. The molecule has 0 aromatic rings. The molecule has 2 rings (SSSR count). The Morgan fingerprint density at radius 3 is 2.90 bits per heavy atom. The van der Waals surface area contributed by atoms with Gasteiger partial charge in [0.15, 0.2) is 0 Å². The van der Waals surface area contributed by atoms with E-state index in [0.29, 0.717) is 12.8 Å². The predicted molar refractivity (Wildman–Crippen MR) is 76.0 cm³/mol. The van der Waals surface area contributed by atoms with E-state index >= 15 is 0 Å². The summed E-state index contributed by atoms with van der Waals surface area (Å²) in [5, 5.41) is 20.4. The second kappa shape index (κ2) is 6.27. The first-order chi connectivity index (χ1) is 9.43. The molecule has 4 nitrogen and oxygen atoms in total. The number of fused-ring (bicyclic) bond motifs is 1. The van der Waals surface area contributed by atoms with Gasteiger partial charge in [0.25, 0.3) is 0 Å². The lowest BCUT2D eigenvalue weighted by atomic mass is 9.89. The highest BCUT2D eigenvalue weighted by atomic mass is 16.6. The Balaban J connectivity index is 1.94. The fourth-order valence-corrected chi connectivity index (χ4v) is 3.32. The van der Waals surface area contributed by atoms with Gasteiger partial charge < -0.3 is 14.9 Å². The smallest absolute Gasteiger partial charge is 0.306 e. The standard InChI is InChI=1S/C16H26O4/c1-3-4-5-7-16(2,19)8-6-11-12-9-15(18)20-14(12)10-13(11)17/h6,8,11-14,17,19H,3-5,7,9-10H2,1-2H3/t11-,12?,13-,14+,16?/m1/s1. The van der Waals surface area contributed by atoms with Crippen molar-refractivity contribution in [3.8, 4) is 0 Å². The SMILES string of the molecule is CCCCCC(C)(O)C=C[C@@H]1C2CC(=O)O[C@H]2C[C@H]1O. The van der Waals surface area contributed by atoms with Crippen LogP contribution in [0.15, 0.2) is 12.2 Å². The summed E-state index contributed by atoms with van der Waals surface area (Å²) in [4.78, 5) is 11.3. The van der Waals surface area contributed by atoms with Crippen LogP contribution >= 0.6 is 0 Å². The van der Waals surface area contributed by atoms with Gasteiger partial charge in [-0.05, 0) is 13.3 Å². The Bertz CT molecular complexity index is 375. The predicted octanol–water partition coefficient (Wildman–Crippen LogP) is 2.19. The minimum Gasteiger partial charge on any atom is -0.462 e. The van der Waals surface area contributed by atoms with Gasteiger partial charge >= 0.3 is 5.97 Å². The third-order valence-electron chi connectivity index (χ3n) is 4.54. The normalized spacial score (nSPS) is 36.1.